The van der Waals surface area contributed by atoms with Gasteiger partial charge in [-0.2, -0.15) is 0 Å². The Bertz CT molecular complexity index is 344. The van der Waals surface area contributed by atoms with E-state index in [1.807, 2.05) is 6.92 Å². The van der Waals surface area contributed by atoms with Gasteiger partial charge in [0, 0.05) is 0 Å². The van der Waals surface area contributed by atoms with Crippen molar-refractivity contribution in [2.45, 2.75) is 12.8 Å². The molecule has 0 amide bonds. The van der Waals surface area contributed by atoms with Crippen molar-refractivity contribution in [2.75, 3.05) is 0 Å². The van der Waals surface area contributed by atoms with E-state index < -0.39 is 17.9 Å². The van der Waals surface area contributed by atoms with Crippen molar-refractivity contribution in [1.29, 1.82) is 0 Å². The van der Waals surface area contributed by atoms with Crippen molar-refractivity contribution < 1.29 is 19.8 Å². The first kappa shape index (κ1) is 13.8. The number of carboxylic acids is 2. The first-order valence-corrected chi connectivity index (χ1v) is 4.04. The van der Waals surface area contributed by atoms with Crippen molar-refractivity contribution in [1.82, 2.24) is 0 Å². The normalized spacial score (nSPS) is 9.47. The molecule has 0 saturated heterocycles. The van der Waals surface area contributed by atoms with Crippen LogP contribution in [0.15, 0.2) is 24.3 Å². The van der Waals surface area contributed by atoms with Gasteiger partial charge in [0.15, 0.2) is 5.92 Å². The average Bonchev–Trinajstić information content (AvgIpc) is 2.07. The van der Waals surface area contributed by atoms with Crippen molar-refractivity contribution in [2.24, 2.45) is 0 Å². The Morgan fingerprint density at radius 1 is 1.07 bits per heavy atom. The Morgan fingerprint density at radius 2 is 1.47 bits per heavy atom. The third-order valence-corrected chi connectivity index (χ3v) is 1.90. The number of carboxylic acid groups (broad SMARTS) is 2. The SMILES string of the molecule is Cc1ccc(C(C(=O)O)C(=O)O)cc1.[LiH]. The second-order valence-electron chi connectivity index (χ2n) is 3.02. The summed E-state index contributed by atoms with van der Waals surface area (Å²) in [6.07, 6.45) is 0. The van der Waals surface area contributed by atoms with Crippen molar-refractivity contribution in [3.05, 3.63) is 35.4 Å². The van der Waals surface area contributed by atoms with Gasteiger partial charge in [-0.05, 0) is 12.5 Å². The molecule has 2 N–H and O–H groups in total. The molecule has 0 heterocycles. The van der Waals surface area contributed by atoms with Gasteiger partial charge in [0.1, 0.15) is 0 Å². The molecule has 1 aromatic rings. The Hall–Kier alpha value is -1.24. The number of hydrogen-bond donors (Lipinski definition) is 2. The first-order valence-electron chi connectivity index (χ1n) is 4.04. The number of rotatable bonds is 3. The van der Waals surface area contributed by atoms with Crippen LogP contribution in [0.5, 0.6) is 0 Å². The van der Waals surface area contributed by atoms with Crippen molar-refractivity contribution in [3.8, 4) is 0 Å². The zero-order valence-electron chi connectivity index (χ0n) is 7.60. The molecule has 0 aliphatic heterocycles. The Balaban J connectivity index is 0.00000196. The van der Waals surface area contributed by atoms with Gasteiger partial charge in [-0.25, -0.2) is 0 Å². The van der Waals surface area contributed by atoms with Crippen LogP contribution in [0.4, 0.5) is 0 Å². The molecule has 0 fully saturated rings. The number of benzene rings is 1. The van der Waals surface area contributed by atoms with Crippen LogP contribution in [0.25, 0.3) is 0 Å². The fraction of sp³-hybridized carbons (Fsp3) is 0.200. The molecule has 5 heteroatoms. The van der Waals surface area contributed by atoms with E-state index in [0.29, 0.717) is 0 Å². The van der Waals surface area contributed by atoms with Gasteiger partial charge in [-0.1, -0.05) is 29.8 Å². The van der Waals surface area contributed by atoms with E-state index in [1.54, 1.807) is 12.1 Å². The number of carbonyl (C=O) groups is 2. The molecule has 0 spiro atoms. The molecular formula is C10H11LiO4. The van der Waals surface area contributed by atoms with Gasteiger partial charge in [0.05, 0.1) is 0 Å². The molecule has 0 aliphatic rings. The molecule has 1 rings (SSSR count). The molecule has 0 aliphatic carbocycles. The molecule has 0 bridgehead atoms. The van der Waals surface area contributed by atoms with Crippen LogP contribution in [0.3, 0.4) is 0 Å². The maximum absolute atomic E-state index is 10.6. The van der Waals surface area contributed by atoms with Crippen LogP contribution in [0, 0.1) is 6.92 Å². The van der Waals surface area contributed by atoms with Crippen LogP contribution < -0.4 is 0 Å². The molecule has 1 aromatic carbocycles. The summed E-state index contributed by atoms with van der Waals surface area (Å²) in [6.45, 7) is 1.85. The zero-order valence-corrected chi connectivity index (χ0v) is 7.60. The summed E-state index contributed by atoms with van der Waals surface area (Å²) in [5.74, 6) is -4.17. The summed E-state index contributed by atoms with van der Waals surface area (Å²) in [7, 11) is 0. The van der Waals surface area contributed by atoms with Gasteiger partial charge in [0.2, 0.25) is 0 Å². The molecular weight excluding hydrogens is 191 g/mol. The Kier molecular flexibility index (Phi) is 5.13. The second-order valence-corrected chi connectivity index (χ2v) is 3.02. The van der Waals surface area contributed by atoms with E-state index in [0.717, 1.165) is 5.56 Å². The van der Waals surface area contributed by atoms with Crippen LogP contribution in [-0.4, -0.2) is 41.0 Å². The van der Waals surface area contributed by atoms with Gasteiger partial charge < -0.3 is 10.2 Å². The van der Waals surface area contributed by atoms with Crippen LogP contribution in [0.2, 0.25) is 0 Å². The van der Waals surface area contributed by atoms with Gasteiger partial charge in [-0.3, -0.25) is 9.59 Å². The topological polar surface area (TPSA) is 74.6 Å². The molecule has 4 nitrogen and oxygen atoms in total. The van der Waals surface area contributed by atoms with Crippen molar-refractivity contribution >= 4 is 30.8 Å². The quantitative estimate of drug-likeness (QED) is 0.556. The fourth-order valence-corrected chi connectivity index (χ4v) is 1.15. The summed E-state index contributed by atoms with van der Waals surface area (Å²) in [5, 5.41) is 17.4. The van der Waals surface area contributed by atoms with E-state index in [1.165, 1.54) is 12.1 Å². The molecule has 0 atom stereocenters. The van der Waals surface area contributed by atoms with Crippen LogP contribution in [-0.2, 0) is 9.59 Å². The molecule has 0 aromatic heterocycles. The molecule has 0 radical (unpaired) electrons. The van der Waals surface area contributed by atoms with Crippen molar-refractivity contribution in [3.63, 3.8) is 0 Å². The zero-order chi connectivity index (χ0) is 10.7. The summed E-state index contributed by atoms with van der Waals surface area (Å²) in [6, 6.07) is 6.41. The monoisotopic (exact) mass is 202 g/mol. The Labute approximate surface area is 99.1 Å². The van der Waals surface area contributed by atoms with E-state index in [4.69, 9.17) is 10.2 Å². The average molecular weight is 202 g/mol. The third-order valence-electron chi connectivity index (χ3n) is 1.90. The number of hydrogen-bond acceptors (Lipinski definition) is 2. The summed E-state index contributed by atoms with van der Waals surface area (Å²) >= 11 is 0. The maximum atomic E-state index is 10.6. The van der Waals surface area contributed by atoms with Crippen LogP contribution in [0.1, 0.15) is 17.0 Å². The fourth-order valence-electron chi connectivity index (χ4n) is 1.15. The first-order chi connectivity index (χ1) is 6.52. The predicted molar refractivity (Wildman–Crippen MR) is 56.3 cm³/mol. The molecule has 76 valence electrons. The van der Waals surface area contributed by atoms with E-state index in [2.05, 4.69) is 0 Å². The van der Waals surface area contributed by atoms with Crippen LogP contribution >= 0.6 is 0 Å². The molecule has 0 unspecified atom stereocenters. The van der Waals surface area contributed by atoms with Gasteiger partial charge in [0.25, 0.3) is 0 Å². The second kappa shape index (κ2) is 5.59. The number of aryl methyl sites for hydroxylation is 1. The summed E-state index contributed by atoms with van der Waals surface area (Å²) < 4.78 is 0. The Morgan fingerprint density at radius 3 is 1.80 bits per heavy atom. The van der Waals surface area contributed by atoms with Gasteiger partial charge in [-0.15, -0.1) is 0 Å². The summed E-state index contributed by atoms with van der Waals surface area (Å²) in [5.41, 5.74) is 1.25. The predicted octanol–water partition coefficient (Wildman–Crippen LogP) is 0.599. The van der Waals surface area contributed by atoms with Gasteiger partial charge >= 0.3 is 30.8 Å². The molecule has 0 saturated carbocycles. The van der Waals surface area contributed by atoms with E-state index in [-0.39, 0.29) is 24.4 Å². The van der Waals surface area contributed by atoms with E-state index in [9.17, 15) is 9.59 Å². The third kappa shape index (κ3) is 3.43. The standard InChI is InChI=1S/C10H10O4.Li.H/c1-6-2-4-7(5-3-6)8(9(11)12)10(13)14;;/h2-5,8H,1H3,(H,11,12)(H,13,14);;. The number of aliphatic carboxylic acids is 2. The van der Waals surface area contributed by atoms with E-state index >= 15 is 0 Å². The summed E-state index contributed by atoms with van der Waals surface area (Å²) in [4.78, 5) is 21.3. The minimum absolute atomic E-state index is 0. The molecule has 15 heavy (non-hydrogen) atoms. The minimum atomic E-state index is -1.48.